The van der Waals surface area contributed by atoms with Gasteiger partial charge in [-0.25, -0.2) is 0 Å². The monoisotopic (exact) mass is 280 g/mol. The maximum absolute atomic E-state index is 11.1. The molecule has 0 spiro atoms. The summed E-state index contributed by atoms with van der Waals surface area (Å²) < 4.78 is 11.0. The first kappa shape index (κ1) is 12.8. The number of non-ortho nitro benzene ring substituents is 1. The SMILES string of the molecule is O=[N+]([O-])c1cc2c(c([N+](=O)[O-])c1)OC1OCCCC1C2. The predicted octanol–water partition coefficient (Wildman–Crippen LogP) is 2.19. The largest absolute Gasteiger partial charge is 0.457 e. The summed E-state index contributed by atoms with van der Waals surface area (Å²) in [5.74, 6) is 0.196. The maximum atomic E-state index is 11.1. The molecule has 1 fully saturated rings. The summed E-state index contributed by atoms with van der Waals surface area (Å²) in [6.45, 7) is 0.567. The van der Waals surface area contributed by atoms with Gasteiger partial charge in [0.1, 0.15) is 0 Å². The Labute approximate surface area is 113 Å². The molecule has 1 saturated heterocycles. The van der Waals surface area contributed by atoms with Crippen molar-refractivity contribution in [1.82, 2.24) is 0 Å². The number of benzene rings is 1. The maximum Gasteiger partial charge on any atom is 0.318 e. The summed E-state index contributed by atoms with van der Waals surface area (Å²) in [5.41, 5.74) is -0.145. The van der Waals surface area contributed by atoms with E-state index in [0.717, 1.165) is 18.9 Å². The van der Waals surface area contributed by atoms with Crippen LogP contribution in [-0.2, 0) is 11.2 Å². The summed E-state index contributed by atoms with van der Waals surface area (Å²) in [6.07, 6.45) is 1.80. The van der Waals surface area contributed by atoms with Crippen molar-refractivity contribution in [3.8, 4) is 5.75 Å². The zero-order valence-electron chi connectivity index (χ0n) is 10.5. The van der Waals surface area contributed by atoms with Gasteiger partial charge in [0.15, 0.2) is 0 Å². The van der Waals surface area contributed by atoms with Crippen LogP contribution >= 0.6 is 0 Å². The summed E-state index contributed by atoms with van der Waals surface area (Å²) in [5, 5.41) is 21.9. The molecule has 106 valence electrons. The van der Waals surface area contributed by atoms with E-state index >= 15 is 0 Å². The number of hydrogen-bond donors (Lipinski definition) is 0. The van der Waals surface area contributed by atoms with Crippen molar-refractivity contribution in [2.75, 3.05) is 6.61 Å². The molecule has 3 rings (SSSR count). The van der Waals surface area contributed by atoms with Crippen LogP contribution in [0.25, 0.3) is 0 Å². The van der Waals surface area contributed by atoms with Crippen molar-refractivity contribution in [2.24, 2.45) is 5.92 Å². The summed E-state index contributed by atoms with van der Waals surface area (Å²) in [7, 11) is 0. The fraction of sp³-hybridized carbons (Fsp3) is 0.500. The molecule has 0 saturated carbocycles. The topological polar surface area (TPSA) is 105 Å². The Morgan fingerprint density at radius 1 is 1.20 bits per heavy atom. The van der Waals surface area contributed by atoms with Crippen LogP contribution in [0.3, 0.4) is 0 Å². The fourth-order valence-corrected chi connectivity index (χ4v) is 2.73. The van der Waals surface area contributed by atoms with Gasteiger partial charge in [-0.05, 0) is 19.3 Å². The smallest absolute Gasteiger partial charge is 0.318 e. The zero-order valence-corrected chi connectivity index (χ0v) is 10.5. The zero-order chi connectivity index (χ0) is 14.3. The average molecular weight is 280 g/mol. The molecule has 2 atom stereocenters. The molecule has 8 nitrogen and oxygen atoms in total. The number of nitrogens with zero attached hydrogens (tertiary/aromatic N) is 2. The Morgan fingerprint density at radius 3 is 2.70 bits per heavy atom. The van der Waals surface area contributed by atoms with Crippen molar-refractivity contribution in [3.05, 3.63) is 37.9 Å². The van der Waals surface area contributed by atoms with Crippen LogP contribution in [0.5, 0.6) is 5.75 Å². The number of nitro benzene ring substituents is 2. The molecule has 2 aliphatic heterocycles. The van der Waals surface area contributed by atoms with E-state index in [0.29, 0.717) is 18.6 Å². The predicted molar refractivity (Wildman–Crippen MR) is 66.5 cm³/mol. The molecule has 0 N–H and O–H groups in total. The minimum Gasteiger partial charge on any atom is -0.457 e. The van der Waals surface area contributed by atoms with E-state index < -0.39 is 16.1 Å². The molecule has 0 radical (unpaired) electrons. The van der Waals surface area contributed by atoms with E-state index in [1.54, 1.807) is 0 Å². The van der Waals surface area contributed by atoms with Crippen LogP contribution in [0.2, 0.25) is 0 Å². The van der Waals surface area contributed by atoms with Gasteiger partial charge >= 0.3 is 5.69 Å². The molecule has 2 unspecified atom stereocenters. The van der Waals surface area contributed by atoms with Crippen LogP contribution in [-0.4, -0.2) is 22.7 Å². The van der Waals surface area contributed by atoms with Gasteiger partial charge in [0.2, 0.25) is 12.0 Å². The molecular formula is C12H12N2O6. The first-order valence-electron chi connectivity index (χ1n) is 6.30. The minimum atomic E-state index is -0.658. The highest BCUT2D eigenvalue weighted by Gasteiger charge is 2.38. The highest BCUT2D eigenvalue weighted by molar-refractivity contribution is 5.59. The highest BCUT2D eigenvalue weighted by Crippen LogP contribution is 2.43. The third-order valence-electron chi connectivity index (χ3n) is 3.64. The lowest BCUT2D eigenvalue weighted by molar-refractivity contribution is -0.395. The highest BCUT2D eigenvalue weighted by atomic mass is 16.7. The third-order valence-corrected chi connectivity index (χ3v) is 3.64. The van der Waals surface area contributed by atoms with Crippen molar-refractivity contribution < 1.29 is 19.3 Å². The summed E-state index contributed by atoms with van der Waals surface area (Å²) >= 11 is 0. The van der Waals surface area contributed by atoms with Crippen LogP contribution in [0, 0.1) is 26.1 Å². The van der Waals surface area contributed by atoms with Crippen molar-refractivity contribution in [1.29, 1.82) is 0 Å². The molecule has 2 aliphatic rings. The van der Waals surface area contributed by atoms with Gasteiger partial charge in [-0.1, -0.05) is 0 Å². The van der Waals surface area contributed by atoms with E-state index in [9.17, 15) is 20.2 Å². The van der Waals surface area contributed by atoms with E-state index in [1.807, 2.05) is 0 Å². The molecule has 0 bridgehead atoms. The van der Waals surface area contributed by atoms with Crippen molar-refractivity contribution >= 4 is 11.4 Å². The molecule has 1 aromatic rings. The molecule has 8 heteroatoms. The summed E-state index contributed by atoms with van der Waals surface area (Å²) in [6, 6.07) is 2.29. The Balaban J connectivity index is 2.07. The first-order valence-corrected chi connectivity index (χ1v) is 6.30. The third kappa shape index (κ3) is 2.07. The van der Waals surface area contributed by atoms with Gasteiger partial charge in [0.05, 0.1) is 22.5 Å². The second-order valence-electron chi connectivity index (χ2n) is 4.93. The van der Waals surface area contributed by atoms with Crippen LogP contribution in [0.4, 0.5) is 11.4 Å². The quantitative estimate of drug-likeness (QED) is 0.607. The van der Waals surface area contributed by atoms with E-state index in [-0.39, 0.29) is 23.0 Å². The van der Waals surface area contributed by atoms with Gasteiger partial charge in [0, 0.05) is 17.5 Å². The molecule has 0 aromatic heterocycles. The van der Waals surface area contributed by atoms with Gasteiger partial charge in [-0.2, -0.15) is 0 Å². The molecule has 0 amide bonds. The Morgan fingerprint density at radius 2 is 2.00 bits per heavy atom. The Kier molecular flexibility index (Phi) is 3.01. The van der Waals surface area contributed by atoms with E-state index in [1.165, 1.54) is 6.07 Å². The van der Waals surface area contributed by atoms with Crippen LogP contribution in [0.15, 0.2) is 12.1 Å². The van der Waals surface area contributed by atoms with Gasteiger partial charge in [-0.3, -0.25) is 20.2 Å². The van der Waals surface area contributed by atoms with Crippen molar-refractivity contribution in [2.45, 2.75) is 25.6 Å². The second kappa shape index (κ2) is 4.71. The average Bonchev–Trinajstić information content (AvgIpc) is 2.43. The number of rotatable bonds is 2. The second-order valence-corrected chi connectivity index (χ2v) is 4.93. The van der Waals surface area contributed by atoms with E-state index in [2.05, 4.69) is 0 Å². The van der Waals surface area contributed by atoms with Crippen LogP contribution < -0.4 is 4.74 Å². The molecular weight excluding hydrogens is 268 g/mol. The fourth-order valence-electron chi connectivity index (χ4n) is 2.73. The standard InChI is InChI=1S/C12H12N2O6/c15-13(16)9-5-8-4-7-2-1-3-19-12(7)20-11(8)10(6-9)14(17)18/h5-7,12H,1-4H2. The molecule has 20 heavy (non-hydrogen) atoms. The lowest BCUT2D eigenvalue weighted by Crippen LogP contribution is -2.39. The summed E-state index contributed by atoms with van der Waals surface area (Å²) in [4.78, 5) is 20.6. The van der Waals surface area contributed by atoms with Gasteiger partial charge < -0.3 is 9.47 Å². The normalized spacial score (nSPS) is 24.2. The number of nitro groups is 2. The first-order chi connectivity index (χ1) is 9.56. The van der Waals surface area contributed by atoms with Gasteiger partial charge in [-0.15, -0.1) is 0 Å². The Hall–Kier alpha value is -2.22. The van der Waals surface area contributed by atoms with Gasteiger partial charge in [0.25, 0.3) is 5.69 Å². The molecule has 0 aliphatic carbocycles. The Bertz CT molecular complexity index is 588. The number of hydrogen-bond acceptors (Lipinski definition) is 6. The number of fused-ring (bicyclic) bond motifs is 2. The van der Waals surface area contributed by atoms with Crippen LogP contribution in [0.1, 0.15) is 18.4 Å². The molecule has 1 aromatic carbocycles. The number of ether oxygens (including phenoxy) is 2. The lowest BCUT2D eigenvalue weighted by Gasteiger charge is -2.35. The molecule has 2 heterocycles. The lowest BCUT2D eigenvalue weighted by atomic mass is 9.89. The minimum absolute atomic E-state index is 0.0952. The van der Waals surface area contributed by atoms with Crippen molar-refractivity contribution in [3.63, 3.8) is 0 Å². The van der Waals surface area contributed by atoms with E-state index in [4.69, 9.17) is 9.47 Å².